The van der Waals surface area contributed by atoms with Gasteiger partial charge in [-0.15, -0.1) is 0 Å². The van der Waals surface area contributed by atoms with Crippen LogP contribution in [0, 0.1) is 0 Å². The summed E-state index contributed by atoms with van der Waals surface area (Å²) in [6.45, 7) is 5.16. The van der Waals surface area contributed by atoms with Gasteiger partial charge in [0.1, 0.15) is 0 Å². The van der Waals surface area contributed by atoms with Crippen LogP contribution in [0.5, 0.6) is 5.88 Å². The topological polar surface area (TPSA) is 46.6 Å². The fraction of sp³-hybridized carbons (Fsp3) is 0.174. The minimum absolute atomic E-state index is 0.588. The van der Waals surface area contributed by atoms with Crippen molar-refractivity contribution in [2.24, 2.45) is 4.99 Å². The Morgan fingerprint density at radius 1 is 0.963 bits per heavy atom. The number of nitrogens with zero attached hydrogens (tertiary/aromatic N) is 1. The Balaban J connectivity index is 1.72. The van der Waals surface area contributed by atoms with E-state index in [0.29, 0.717) is 19.1 Å². The number of aromatic amines is 1. The molecule has 0 unspecified atom stereocenters. The van der Waals surface area contributed by atoms with Crippen molar-refractivity contribution in [2.45, 2.75) is 13.8 Å². The second-order valence-corrected chi connectivity index (χ2v) is 6.15. The smallest absolute Gasteiger partial charge is 0.221 e. The molecular formula is C23H22N2O2. The highest BCUT2D eigenvalue weighted by molar-refractivity contribution is 6.25. The average Bonchev–Trinajstić information content (AvgIpc) is 3.21. The SMILES string of the molecule is CCOC1=Nc2ccccc2/C1=C\C=C\c1c(OCC)[nH]c2ccccc12. The number of fused-ring (bicyclic) bond motifs is 2. The van der Waals surface area contributed by atoms with E-state index in [1.54, 1.807) is 0 Å². The Morgan fingerprint density at radius 3 is 2.59 bits per heavy atom. The number of allylic oxidation sites excluding steroid dienone is 2. The van der Waals surface area contributed by atoms with E-state index in [1.165, 1.54) is 0 Å². The van der Waals surface area contributed by atoms with Crippen LogP contribution in [0.15, 0.2) is 65.7 Å². The standard InChI is InChI=1S/C23H22N2O2/c1-3-26-22-18(16-10-5-7-14-20(16)24-22)12-9-13-19-17-11-6-8-15-21(17)25-23(19)27-4-2/h5-15,24H,3-4H2,1-2H3/b12-9+,19-13+. The van der Waals surface area contributed by atoms with Gasteiger partial charge in [-0.05, 0) is 38.1 Å². The molecule has 136 valence electrons. The molecule has 2 heterocycles. The monoisotopic (exact) mass is 358 g/mol. The van der Waals surface area contributed by atoms with E-state index >= 15 is 0 Å². The van der Waals surface area contributed by atoms with Gasteiger partial charge >= 0.3 is 0 Å². The molecule has 0 saturated heterocycles. The normalized spacial score (nSPS) is 14.7. The first-order valence-corrected chi connectivity index (χ1v) is 9.25. The van der Waals surface area contributed by atoms with Gasteiger partial charge in [0.2, 0.25) is 5.90 Å². The van der Waals surface area contributed by atoms with Crippen molar-refractivity contribution in [3.05, 3.63) is 71.8 Å². The molecule has 27 heavy (non-hydrogen) atoms. The summed E-state index contributed by atoms with van der Waals surface area (Å²) < 4.78 is 11.5. The maximum absolute atomic E-state index is 5.78. The molecule has 0 amide bonds. The Kier molecular flexibility index (Phi) is 4.79. The van der Waals surface area contributed by atoms with Gasteiger partial charge < -0.3 is 14.5 Å². The largest absolute Gasteiger partial charge is 0.479 e. The lowest BCUT2D eigenvalue weighted by atomic mass is 10.1. The fourth-order valence-electron chi connectivity index (χ4n) is 3.29. The van der Waals surface area contributed by atoms with Gasteiger partial charge in [0, 0.05) is 27.6 Å². The molecule has 1 aromatic heterocycles. The second kappa shape index (κ2) is 7.54. The van der Waals surface area contributed by atoms with Gasteiger partial charge in [-0.3, -0.25) is 0 Å². The minimum atomic E-state index is 0.588. The summed E-state index contributed by atoms with van der Waals surface area (Å²) in [6, 6.07) is 16.3. The number of ether oxygens (including phenoxy) is 2. The number of para-hydroxylation sites is 2. The van der Waals surface area contributed by atoms with E-state index in [0.717, 1.165) is 39.2 Å². The quantitative estimate of drug-likeness (QED) is 0.632. The molecule has 3 aromatic rings. The van der Waals surface area contributed by atoms with Crippen LogP contribution < -0.4 is 4.74 Å². The lowest BCUT2D eigenvalue weighted by Gasteiger charge is -2.04. The van der Waals surface area contributed by atoms with Crippen molar-refractivity contribution < 1.29 is 9.47 Å². The number of rotatable bonds is 5. The number of H-pyrrole nitrogens is 1. The lowest BCUT2D eigenvalue weighted by Crippen LogP contribution is -2.02. The summed E-state index contributed by atoms with van der Waals surface area (Å²) in [5, 5.41) is 1.14. The summed E-state index contributed by atoms with van der Waals surface area (Å²) in [6.07, 6.45) is 6.16. The summed E-state index contributed by atoms with van der Waals surface area (Å²) in [7, 11) is 0. The molecule has 1 aliphatic rings. The average molecular weight is 358 g/mol. The first-order valence-electron chi connectivity index (χ1n) is 9.25. The molecule has 1 aliphatic heterocycles. The molecule has 1 N–H and O–H groups in total. The third-order valence-corrected chi connectivity index (χ3v) is 4.45. The fourth-order valence-corrected chi connectivity index (χ4v) is 3.29. The third-order valence-electron chi connectivity index (χ3n) is 4.45. The van der Waals surface area contributed by atoms with E-state index in [2.05, 4.69) is 40.3 Å². The van der Waals surface area contributed by atoms with Crippen LogP contribution in [0.25, 0.3) is 22.6 Å². The van der Waals surface area contributed by atoms with Crippen LogP contribution in [-0.4, -0.2) is 24.1 Å². The van der Waals surface area contributed by atoms with Crippen molar-refractivity contribution in [3.8, 4) is 5.88 Å². The van der Waals surface area contributed by atoms with E-state index in [-0.39, 0.29) is 0 Å². The molecule has 4 nitrogen and oxygen atoms in total. The van der Waals surface area contributed by atoms with Gasteiger partial charge in [0.05, 0.1) is 18.9 Å². The van der Waals surface area contributed by atoms with Gasteiger partial charge in [-0.1, -0.05) is 42.5 Å². The number of hydrogen-bond donors (Lipinski definition) is 1. The van der Waals surface area contributed by atoms with Crippen LogP contribution in [0.4, 0.5) is 5.69 Å². The molecule has 0 fully saturated rings. The number of benzene rings is 2. The van der Waals surface area contributed by atoms with Crippen LogP contribution in [0.2, 0.25) is 0 Å². The predicted octanol–water partition coefficient (Wildman–Crippen LogP) is 5.74. The van der Waals surface area contributed by atoms with Crippen LogP contribution in [0.1, 0.15) is 25.0 Å². The Morgan fingerprint density at radius 2 is 1.74 bits per heavy atom. The van der Waals surface area contributed by atoms with Crippen LogP contribution in [-0.2, 0) is 4.74 Å². The van der Waals surface area contributed by atoms with Crippen molar-refractivity contribution in [1.82, 2.24) is 4.98 Å². The second-order valence-electron chi connectivity index (χ2n) is 6.15. The summed E-state index contributed by atoms with van der Waals surface area (Å²) in [5.41, 5.74) is 5.15. The highest BCUT2D eigenvalue weighted by atomic mass is 16.5. The minimum Gasteiger partial charge on any atom is -0.479 e. The number of aliphatic imine (C=N–C) groups is 1. The molecule has 0 saturated carbocycles. The van der Waals surface area contributed by atoms with E-state index in [4.69, 9.17) is 9.47 Å². The maximum atomic E-state index is 5.78. The van der Waals surface area contributed by atoms with E-state index < -0.39 is 0 Å². The lowest BCUT2D eigenvalue weighted by molar-refractivity contribution is 0.329. The number of nitrogens with one attached hydrogen (secondary N) is 1. The molecular weight excluding hydrogens is 336 g/mol. The van der Waals surface area contributed by atoms with Crippen molar-refractivity contribution in [3.63, 3.8) is 0 Å². The predicted molar refractivity (Wildman–Crippen MR) is 112 cm³/mol. The Hall–Kier alpha value is -3.27. The number of hydrogen-bond acceptors (Lipinski definition) is 3. The summed E-state index contributed by atoms with van der Waals surface area (Å²) in [4.78, 5) is 7.94. The zero-order chi connectivity index (χ0) is 18.6. The first-order chi connectivity index (χ1) is 13.3. The molecule has 0 spiro atoms. The Labute approximate surface area is 158 Å². The van der Waals surface area contributed by atoms with Crippen LogP contribution in [0.3, 0.4) is 0 Å². The van der Waals surface area contributed by atoms with Gasteiger partial charge in [0.15, 0.2) is 5.88 Å². The zero-order valence-electron chi connectivity index (χ0n) is 15.5. The number of aromatic nitrogens is 1. The van der Waals surface area contributed by atoms with Crippen molar-refractivity contribution in [2.75, 3.05) is 13.2 Å². The zero-order valence-corrected chi connectivity index (χ0v) is 15.5. The molecule has 2 aromatic carbocycles. The molecule has 0 atom stereocenters. The first kappa shape index (κ1) is 17.2. The molecule has 4 rings (SSSR count). The highest BCUT2D eigenvalue weighted by Gasteiger charge is 2.20. The van der Waals surface area contributed by atoms with Gasteiger partial charge in [-0.2, -0.15) is 0 Å². The molecule has 0 bridgehead atoms. The van der Waals surface area contributed by atoms with Crippen molar-refractivity contribution >= 4 is 34.1 Å². The Bertz CT molecular complexity index is 1060. The van der Waals surface area contributed by atoms with Crippen molar-refractivity contribution in [1.29, 1.82) is 0 Å². The molecule has 0 aliphatic carbocycles. The van der Waals surface area contributed by atoms with E-state index in [1.807, 2.05) is 50.3 Å². The maximum Gasteiger partial charge on any atom is 0.221 e. The highest BCUT2D eigenvalue weighted by Crippen LogP contribution is 2.35. The van der Waals surface area contributed by atoms with Crippen LogP contribution >= 0.6 is 0 Å². The van der Waals surface area contributed by atoms with E-state index in [9.17, 15) is 0 Å². The third kappa shape index (κ3) is 3.26. The van der Waals surface area contributed by atoms with Gasteiger partial charge in [-0.25, -0.2) is 4.99 Å². The summed E-state index contributed by atoms with van der Waals surface area (Å²) in [5.74, 6) is 1.46. The molecule has 0 radical (unpaired) electrons. The molecule has 4 heteroatoms. The summed E-state index contributed by atoms with van der Waals surface area (Å²) >= 11 is 0. The van der Waals surface area contributed by atoms with Gasteiger partial charge in [0.25, 0.3) is 0 Å².